The number of likely N-dealkylation sites (tertiary alicyclic amines) is 1. The fourth-order valence-corrected chi connectivity index (χ4v) is 2.74. The second-order valence-corrected chi connectivity index (χ2v) is 5.10. The van der Waals surface area contributed by atoms with Crippen molar-refractivity contribution in [2.24, 2.45) is 11.1 Å². The van der Waals surface area contributed by atoms with Crippen molar-refractivity contribution in [3.05, 3.63) is 0 Å². The number of nitrogens with zero attached hydrogens (tertiary/aromatic N) is 1. The molecule has 0 amide bonds. The van der Waals surface area contributed by atoms with Gasteiger partial charge in [0.1, 0.15) is 6.04 Å². The molecule has 1 saturated carbocycles. The van der Waals surface area contributed by atoms with Crippen LogP contribution in [0.4, 0.5) is 0 Å². The zero-order valence-electron chi connectivity index (χ0n) is 9.11. The van der Waals surface area contributed by atoms with Crippen LogP contribution in [0.1, 0.15) is 32.1 Å². The summed E-state index contributed by atoms with van der Waals surface area (Å²) < 4.78 is 0. The number of hydrogen-bond acceptors (Lipinski definition) is 3. The van der Waals surface area contributed by atoms with E-state index in [9.17, 15) is 4.79 Å². The quantitative estimate of drug-likeness (QED) is 0.721. The van der Waals surface area contributed by atoms with Crippen LogP contribution in [0.2, 0.25) is 0 Å². The van der Waals surface area contributed by atoms with Crippen LogP contribution in [0.3, 0.4) is 0 Å². The van der Waals surface area contributed by atoms with Crippen molar-refractivity contribution in [2.45, 2.75) is 38.1 Å². The van der Waals surface area contributed by atoms with Gasteiger partial charge in [0.15, 0.2) is 0 Å². The van der Waals surface area contributed by atoms with Crippen molar-refractivity contribution in [3.63, 3.8) is 0 Å². The number of carboxylic acids is 1. The molecule has 2 rings (SSSR count). The third-order valence-corrected chi connectivity index (χ3v) is 4.10. The maximum atomic E-state index is 10.6. The van der Waals surface area contributed by atoms with Crippen molar-refractivity contribution in [2.75, 3.05) is 19.6 Å². The predicted octanol–water partition coefficient (Wildman–Crippen LogP) is 0.664. The highest BCUT2D eigenvalue weighted by molar-refractivity contribution is 5.73. The first-order chi connectivity index (χ1) is 7.11. The van der Waals surface area contributed by atoms with Crippen LogP contribution in [0.5, 0.6) is 0 Å². The van der Waals surface area contributed by atoms with Gasteiger partial charge in [-0.25, -0.2) is 0 Å². The third kappa shape index (κ3) is 2.32. The van der Waals surface area contributed by atoms with E-state index in [2.05, 4.69) is 4.90 Å². The molecule has 86 valence electrons. The average Bonchev–Trinajstić information content (AvgIpc) is 2.16. The van der Waals surface area contributed by atoms with Crippen molar-refractivity contribution in [3.8, 4) is 0 Å². The van der Waals surface area contributed by atoms with E-state index in [1.54, 1.807) is 0 Å². The molecule has 1 aliphatic heterocycles. The van der Waals surface area contributed by atoms with Crippen LogP contribution in [-0.2, 0) is 4.79 Å². The Balaban J connectivity index is 1.76. The molecule has 2 aliphatic rings. The number of nitrogens with two attached hydrogens (primary N) is 1. The maximum absolute atomic E-state index is 10.6. The lowest BCUT2D eigenvalue weighted by Crippen LogP contribution is -2.49. The molecule has 1 heterocycles. The SMILES string of the molecule is NC(CN1CCC2(CCC2)CC1)C(=O)O. The number of carbonyl (C=O) groups is 1. The minimum absolute atomic E-state index is 0.505. The van der Waals surface area contributed by atoms with Gasteiger partial charge in [-0.1, -0.05) is 6.42 Å². The highest BCUT2D eigenvalue weighted by atomic mass is 16.4. The van der Waals surface area contributed by atoms with Gasteiger partial charge >= 0.3 is 5.97 Å². The number of hydrogen-bond donors (Lipinski definition) is 2. The average molecular weight is 212 g/mol. The van der Waals surface area contributed by atoms with Crippen molar-refractivity contribution >= 4 is 5.97 Å². The molecule has 2 fully saturated rings. The van der Waals surface area contributed by atoms with Gasteiger partial charge in [0.05, 0.1) is 0 Å². The van der Waals surface area contributed by atoms with E-state index in [4.69, 9.17) is 10.8 Å². The zero-order chi connectivity index (χ0) is 10.9. The second-order valence-electron chi connectivity index (χ2n) is 5.10. The Bertz CT molecular complexity index is 241. The molecule has 0 radical (unpaired) electrons. The molecule has 0 bridgehead atoms. The first-order valence-electron chi connectivity index (χ1n) is 5.82. The molecule has 0 aromatic carbocycles. The van der Waals surface area contributed by atoms with E-state index in [1.165, 1.54) is 32.1 Å². The molecule has 4 heteroatoms. The second kappa shape index (κ2) is 4.10. The van der Waals surface area contributed by atoms with E-state index < -0.39 is 12.0 Å². The summed E-state index contributed by atoms with van der Waals surface area (Å²) in [7, 11) is 0. The molecule has 1 saturated heterocycles. The van der Waals surface area contributed by atoms with Gasteiger partial charge < -0.3 is 15.7 Å². The van der Waals surface area contributed by atoms with Crippen LogP contribution < -0.4 is 5.73 Å². The van der Waals surface area contributed by atoms with Crippen LogP contribution in [0.25, 0.3) is 0 Å². The van der Waals surface area contributed by atoms with Crippen molar-refractivity contribution in [1.82, 2.24) is 4.90 Å². The Labute approximate surface area is 90.4 Å². The minimum Gasteiger partial charge on any atom is -0.480 e. The Morgan fingerprint density at radius 1 is 1.33 bits per heavy atom. The molecule has 0 aromatic heterocycles. The van der Waals surface area contributed by atoms with Crippen molar-refractivity contribution < 1.29 is 9.90 Å². The lowest BCUT2D eigenvalue weighted by molar-refractivity contribution is -0.139. The Morgan fingerprint density at radius 3 is 2.33 bits per heavy atom. The first-order valence-corrected chi connectivity index (χ1v) is 5.82. The van der Waals surface area contributed by atoms with E-state index in [0.717, 1.165) is 13.1 Å². The fraction of sp³-hybridized carbons (Fsp3) is 0.909. The molecule has 4 nitrogen and oxygen atoms in total. The predicted molar refractivity (Wildman–Crippen MR) is 57.6 cm³/mol. The van der Waals surface area contributed by atoms with E-state index in [0.29, 0.717) is 12.0 Å². The van der Waals surface area contributed by atoms with Crippen molar-refractivity contribution in [1.29, 1.82) is 0 Å². The van der Waals surface area contributed by atoms with Crippen LogP contribution in [-0.4, -0.2) is 41.7 Å². The number of carboxylic acid groups (broad SMARTS) is 1. The number of rotatable bonds is 3. The van der Waals surface area contributed by atoms with Gasteiger partial charge in [0.25, 0.3) is 0 Å². The summed E-state index contributed by atoms with van der Waals surface area (Å²) in [6.07, 6.45) is 6.62. The molecule has 15 heavy (non-hydrogen) atoms. The summed E-state index contributed by atoms with van der Waals surface area (Å²) in [6.45, 7) is 2.56. The van der Waals surface area contributed by atoms with Crippen LogP contribution in [0, 0.1) is 5.41 Å². The molecule has 0 aromatic rings. The van der Waals surface area contributed by atoms with E-state index in [-0.39, 0.29) is 0 Å². The van der Waals surface area contributed by atoms with Gasteiger partial charge in [-0.2, -0.15) is 0 Å². The Morgan fingerprint density at radius 2 is 1.93 bits per heavy atom. The lowest BCUT2D eigenvalue weighted by atomic mass is 9.63. The highest BCUT2D eigenvalue weighted by Gasteiger charge is 2.39. The molecule has 1 unspecified atom stereocenters. The summed E-state index contributed by atoms with van der Waals surface area (Å²) in [5.41, 5.74) is 6.15. The highest BCUT2D eigenvalue weighted by Crippen LogP contribution is 2.48. The zero-order valence-corrected chi connectivity index (χ0v) is 9.11. The minimum atomic E-state index is -0.890. The smallest absolute Gasteiger partial charge is 0.321 e. The fourth-order valence-electron chi connectivity index (χ4n) is 2.74. The summed E-state index contributed by atoms with van der Waals surface area (Å²) in [4.78, 5) is 12.8. The third-order valence-electron chi connectivity index (χ3n) is 4.10. The molecule has 1 aliphatic carbocycles. The van der Waals surface area contributed by atoms with E-state index in [1.807, 2.05) is 0 Å². The Kier molecular flexibility index (Phi) is 2.98. The normalized spacial score (nSPS) is 27.3. The van der Waals surface area contributed by atoms with Gasteiger partial charge in [-0.3, -0.25) is 4.79 Å². The van der Waals surface area contributed by atoms with E-state index >= 15 is 0 Å². The molecular formula is C11H20N2O2. The van der Waals surface area contributed by atoms with Crippen LogP contribution >= 0.6 is 0 Å². The Hall–Kier alpha value is -0.610. The molecule has 3 N–H and O–H groups in total. The summed E-state index contributed by atoms with van der Waals surface area (Å²) >= 11 is 0. The largest absolute Gasteiger partial charge is 0.480 e. The maximum Gasteiger partial charge on any atom is 0.321 e. The van der Waals surface area contributed by atoms with Gasteiger partial charge in [0.2, 0.25) is 0 Å². The van der Waals surface area contributed by atoms with Gasteiger partial charge in [0, 0.05) is 6.54 Å². The van der Waals surface area contributed by atoms with Crippen LogP contribution in [0.15, 0.2) is 0 Å². The molecule has 1 atom stereocenters. The standard InChI is InChI=1S/C11H20N2O2/c12-9(10(14)15)8-13-6-4-11(5-7-13)2-1-3-11/h9H,1-8,12H2,(H,14,15). The lowest BCUT2D eigenvalue weighted by Gasteiger charge is -2.48. The molecular weight excluding hydrogens is 192 g/mol. The topological polar surface area (TPSA) is 66.6 Å². The monoisotopic (exact) mass is 212 g/mol. The van der Waals surface area contributed by atoms with Gasteiger partial charge in [-0.05, 0) is 44.2 Å². The first kappa shape index (κ1) is 10.9. The summed E-state index contributed by atoms with van der Waals surface area (Å²) in [6, 6.07) is -0.722. The summed E-state index contributed by atoms with van der Waals surface area (Å²) in [5.74, 6) is -0.890. The summed E-state index contributed by atoms with van der Waals surface area (Å²) in [5, 5.41) is 8.72. The molecule has 1 spiro atoms. The van der Waals surface area contributed by atoms with Gasteiger partial charge in [-0.15, -0.1) is 0 Å². The number of aliphatic carboxylic acids is 1. The number of piperidine rings is 1.